The molecule has 0 spiro atoms. The lowest BCUT2D eigenvalue weighted by atomic mass is 9.87. The van der Waals surface area contributed by atoms with Gasteiger partial charge < -0.3 is 20.5 Å². The maximum Gasteiger partial charge on any atom is 0.417 e. The van der Waals surface area contributed by atoms with Gasteiger partial charge in [-0.3, -0.25) is 14.5 Å². The van der Waals surface area contributed by atoms with Crippen LogP contribution in [0, 0.1) is 0 Å². The van der Waals surface area contributed by atoms with E-state index in [1.54, 1.807) is 53.7 Å². The van der Waals surface area contributed by atoms with Crippen molar-refractivity contribution in [3.05, 3.63) is 29.8 Å². The van der Waals surface area contributed by atoms with Gasteiger partial charge in [0.05, 0.1) is 12.6 Å². The fourth-order valence-corrected chi connectivity index (χ4v) is 3.91. The van der Waals surface area contributed by atoms with Crippen molar-refractivity contribution in [2.75, 3.05) is 18.4 Å². The number of ether oxygens (including phenoxy) is 2. The van der Waals surface area contributed by atoms with Crippen LogP contribution in [0.4, 0.5) is 15.3 Å². The monoisotopic (exact) mass is 518 g/mol. The second-order valence-corrected chi connectivity index (χ2v) is 12.3. The highest BCUT2D eigenvalue weighted by molar-refractivity contribution is 5.98. The van der Waals surface area contributed by atoms with Gasteiger partial charge in [0.25, 0.3) is 0 Å². The van der Waals surface area contributed by atoms with Crippen LogP contribution >= 0.6 is 0 Å². The minimum absolute atomic E-state index is 0.0101. The molecule has 1 heterocycles. The van der Waals surface area contributed by atoms with Crippen molar-refractivity contribution in [1.82, 2.24) is 9.80 Å². The van der Waals surface area contributed by atoms with Gasteiger partial charge in [-0.2, -0.15) is 0 Å². The Kier molecular flexibility index (Phi) is 9.01. The van der Waals surface area contributed by atoms with Crippen molar-refractivity contribution < 1.29 is 28.7 Å². The second kappa shape index (κ2) is 11.1. The fraction of sp³-hybridized carbons (Fsp3) is 0.630. The molecule has 0 aromatic heterocycles. The smallest absolute Gasteiger partial charge is 0.417 e. The third-order valence-electron chi connectivity index (χ3n) is 5.63. The van der Waals surface area contributed by atoms with E-state index in [9.17, 15) is 19.2 Å². The minimum atomic E-state index is -0.988. The van der Waals surface area contributed by atoms with Gasteiger partial charge in [0.15, 0.2) is 0 Å². The Hall–Kier alpha value is -3.14. The molecule has 1 aliphatic heterocycles. The summed E-state index contributed by atoms with van der Waals surface area (Å²) >= 11 is 0. The highest BCUT2D eigenvalue weighted by Gasteiger charge is 2.47. The van der Waals surface area contributed by atoms with Crippen LogP contribution in [0.1, 0.15) is 74.3 Å². The summed E-state index contributed by atoms with van der Waals surface area (Å²) < 4.78 is 10.9. The van der Waals surface area contributed by atoms with E-state index in [-0.39, 0.29) is 18.4 Å². The average Bonchev–Trinajstić information content (AvgIpc) is 3.16. The van der Waals surface area contributed by atoms with E-state index in [0.29, 0.717) is 5.69 Å². The normalized spacial score (nSPS) is 18.3. The number of benzene rings is 1. The number of carbonyl (C=O) groups is 4. The predicted octanol–water partition coefficient (Wildman–Crippen LogP) is 4.02. The first kappa shape index (κ1) is 30.1. The molecule has 0 bridgehead atoms. The van der Waals surface area contributed by atoms with Crippen LogP contribution in [-0.2, 0) is 24.5 Å². The number of carbonyl (C=O) groups excluding carboxylic acids is 4. The Morgan fingerprint density at radius 3 is 1.95 bits per heavy atom. The SMILES string of the molecule is CC(C)(C)OC(=O)N1C[C@H](N(C(=O)CN)C(=O)OC(C)(C)C)C[C@H]1C(=O)Nc1ccc(C(C)(C)C)cc1. The molecule has 0 aliphatic carbocycles. The Morgan fingerprint density at radius 1 is 0.946 bits per heavy atom. The molecule has 2 atom stereocenters. The summed E-state index contributed by atoms with van der Waals surface area (Å²) in [7, 11) is 0. The molecule has 1 fully saturated rings. The molecule has 1 saturated heterocycles. The molecule has 37 heavy (non-hydrogen) atoms. The maximum atomic E-state index is 13.4. The van der Waals surface area contributed by atoms with Gasteiger partial charge in [-0.25, -0.2) is 14.5 Å². The molecule has 206 valence electrons. The molecule has 4 amide bonds. The Balaban J connectivity index is 2.35. The van der Waals surface area contributed by atoms with Crippen molar-refractivity contribution in [2.45, 2.75) is 97.4 Å². The third-order valence-corrected chi connectivity index (χ3v) is 5.63. The zero-order valence-electron chi connectivity index (χ0n) is 23.5. The Labute approximate surface area is 219 Å². The number of rotatable bonds is 4. The van der Waals surface area contributed by atoms with Crippen molar-refractivity contribution >= 4 is 29.7 Å². The first-order valence-corrected chi connectivity index (χ1v) is 12.5. The van der Waals surface area contributed by atoms with Gasteiger partial charge in [0.2, 0.25) is 11.8 Å². The van der Waals surface area contributed by atoms with Crippen LogP contribution < -0.4 is 11.1 Å². The molecule has 0 saturated carbocycles. The molecule has 0 radical (unpaired) electrons. The first-order chi connectivity index (χ1) is 16.8. The number of nitrogens with zero attached hydrogens (tertiary/aromatic N) is 2. The topological polar surface area (TPSA) is 131 Å². The summed E-state index contributed by atoms with van der Waals surface area (Å²) in [4.78, 5) is 54.2. The van der Waals surface area contributed by atoms with Gasteiger partial charge in [-0.15, -0.1) is 0 Å². The molecule has 1 aromatic carbocycles. The maximum absolute atomic E-state index is 13.4. The van der Waals surface area contributed by atoms with E-state index < -0.39 is 53.8 Å². The van der Waals surface area contributed by atoms with E-state index in [1.807, 2.05) is 12.1 Å². The molecular formula is C27H42N4O6. The van der Waals surface area contributed by atoms with Gasteiger partial charge in [-0.1, -0.05) is 32.9 Å². The third kappa shape index (κ3) is 8.45. The number of hydrogen-bond donors (Lipinski definition) is 2. The number of amides is 4. The highest BCUT2D eigenvalue weighted by atomic mass is 16.6. The molecule has 2 rings (SSSR count). The van der Waals surface area contributed by atoms with E-state index in [4.69, 9.17) is 15.2 Å². The number of nitrogens with one attached hydrogen (secondary N) is 1. The van der Waals surface area contributed by atoms with Crippen LogP contribution in [0.3, 0.4) is 0 Å². The van der Waals surface area contributed by atoms with Gasteiger partial charge >= 0.3 is 12.2 Å². The summed E-state index contributed by atoms with van der Waals surface area (Å²) in [6.07, 6.45) is -1.59. The molecule has 10 nitrogen and oxygen atoms in total. The number of imide groups is 1. The summed E-state index contributed by atoms with van der Waals surface area (Å²) in [5.41, 5.74) is 5.53. The lowest BCUT2D eigenvalue weighted by Gasteiger charge is -2.30. The number of nitrogens with two attached hydrogens (primary N) is 1. The predicted molar refractivity (Wildman–Crippen MR) is 141 cm³/mol. The van der Waals surface area contributed by atoms with Gasteiger partial charge in [-0.05, 0) is 71.1 Å². The molecule has 1 aliphatic rings. The first-order valence-electron chi connectivity index (χ1n) is 12.5. The van der Waals surface area contributed by atoms with Crippen LogP contribution in [0.15, 0.2) is 24.3 Å². The van der Waals surface area contributed by atoms with E-state index >= 15 is 0 Å². The quantitative estimate of drug-likeness (QED) is 0.615. The lowest BCUT2D eigenvalue weighted by Crippen LogP contribution is -2.50. The summed E-state index contributed by atoms with van der Waals surface area (Å²) in [5.74, 6) is -1.12. The zero-order chi connectivity index (χ0) is 28.3. The lowest BCUT2D eigenvalue weighted by molar-refractivity contribution is -0.131. The summed E-state index contributed by atoms with van der Waals surface area (Å²) in [6.45, 7) is 15.9. The Bertz CT molecular complexity index is 1000. The molecule has 1 aromatic rings. The standard InChI is InChI=1S/C27H42N4O6/c1-25(2,3)17-10-12-18(13-11-17)29-22(33)20-14-19(16-30(20)23(34)36-26(4,5)6)31(21(32)15-28)24(35)37-27(7,8)9/h10-13,19-20H,14-16,28H2,1-9H3,(H,29,33)/t19-,20+/m1/s1. The van der Waals surface area contributed by atoms with Crippen molar-refractivity contribution in [3.63, 3.8) is 0 Å². The van der Waals surface area contributed by atoms with Gasteiger partial charge in [0, 0.05) is 12.2 Å². The van der Waals surface area contributed by atoms with Crippen LogP contribution in [0.5, 0.6) is 0 Å². The van der Waals surface area contributed by atoms with Crippen LogP contribution in [0.25, 0.3) is 0 Å². The largest absolute Gasteiger partial charge is 0.444 e. The van der Waals surface area contributed by atoms with E-state index in [0.717, 1.165) is 10.5 Å². The Morgan fingerprint density at radius 2 is 1.49 bits per heavy atom. The van der Waals surface area contributed by atoms with Gasteiger partial charge in [0.1, 0.15) is 17.2 Å². The van der Waals surface area contributed by atoms with Crippen molar-refractivity contribution in [1.29, 1.82) is 0 Å². The second-order valence-electron chi connectivity index (χ2n) is 12.3. The minimum Gasteiger partial charge on any atom is -0.444 e. The zero-order valence-corrected chi connectivity index (χ0v) is 23.5. The summed E-state index contributed by atoms with van der Waals surface area (Å²) in [5, 5.41) is 2.85. The fourth-order valence-electron chi connectivity index (χ4n) is 3.91. The molecule has 0 unspecified atom stereocenters. The molecule has 3 N–H and O–H groups in total. The number of anilines is 1. The number of likely N-dealkylation sites (tertiary alicyclic amines) is 1. The summed E-state index contributed by atoms with van der Waals surface area (Å²) in [6, 6.07) is 5.66. The van der Waals surface area contributed by atoms with E-state index in [2.05, 4.69) is 26.1 Å². The van der Waals surface area contributed by atoms with Crippen molar-refractivity contribution in [2.24, 2.45) is 5.73 Å². The van der Waals surface area contributed by atoms with E-state index in [1.165, 1.54) is 4.90 Å². The molecular weight excluding hydrogens is 476 g/mol. The van der Waals surface area contributed by atoms with Crippen LogP contribution in [-0.4, -0.2) is 70.2 Å². The molecule has 10 heteroatoms. The van der Waals surface area contributed by atoms with Crippen molar-refractivity contribution in [3.8, 4) is 0 Å². The number of hydrogen-bond acceptors (Lipinski definition) is 7. The average molecular weight is 519 g/mol. The highest BCUT2D eigenvalue weighted by Crippen LogP contribution is 2.28. The van der Waals surface area contributed by atoms with Crippen LogP contribution in [0.2, 0.25) is 0 Å².